The highest BCUT2D eigenvalue weighted by Gasteiger charge is 2.17. The monoisotopic (exact) mass is 378 g/mol. The van der Waals surface area contributed by atoms with E-state index in [9.17, 15) is 0 Å². The molecule has 0 bridgehead atoms. The van der Waals surface area contributed by atoms with Crippen molar-refractivity contribution in [2.24, 2.45) is 0 Å². The Hall–Kier alpha value is -1.23. The zero-order chi connectivity index (χ0) is 14.8. The number of rotatable bonds is 3. The Morgan fingerprint density at radius 2 is 1.86 bits per heavy atom. The molecule has 5 heteroatoms. The van der Waals surface area contributed by atoms with Gasteiger partial charge in [0.05, 0.1) is 0 Å². The van der Waals surface area contributed by atoms with E-state index in [0.717, 1.165) is 25.6 Å². The summed E-state index contributed by atoms with van der Waals surface area (Å²) in [6.07, 6.45) is 0. The van der Waals surface area contributed by atoms with Crippen LogP contribution in [0.3, 0.4) is 0 Å². The van der Waals surface area contributed by atoms with Gasteiger partial charge in [0.2, 0.25) is 0 Å². The molecule has 0 radical (unpaired) electrons. The number of alkyl halides is 1. The highest BCUT2D eigenvalue weighted by Crippen LogP contribution is 2.36. The van der Waals surface area contributed by atoms with E-state index in [4.69, 9.17) is 11.6 Å². The number of aromatic nitrogens is 2. The Bertz CT molecular complexity index is 758. The van der Waals surface area contributed by atoms with Gasteiger partial charge in [0, 0.05) is 10.0 Å². The fraction of sp³-hybridized carbons (Fsp3) is 0.125. The van der Waals surface area contributed by atoms with Crippen LogP contribution in [0.5, 0.6) is 0 Å². The van der Waals surface area contributed by atoms with Gasteiger partial charge in [0.15, 0.2) is 0 Å². The number of nitrogens with zero attached hydrogens (tertiary/aromatic N) is 2. The summed E-state index contributed by atoms with van der Waals surface area (Å²) in [5.41, 5.74) is 3.27. The van der Waals surface area contributed by atoms with Gasteiger partial charge in [-0.2, -0.15) is 0 Å². The van der Waals surface area contributed by atoms with Gasteiger partial charge in [-0.25, -0.2) is 0 Å². The summed E-state index contributed by atoms with van der Waals surface area (Å²) in [6.45, 7) is 2.06. The van der Waals surface area contributed by atoms with E-state index in [-0.39, 0.29) is 5.38 Å². The second-order valence-electron chi connectivity index (χ2n) is 4.70. The van der Waals surface area contributed by atoms with Gasteiger partial charge in [-0.3, -0.25) is 0 Å². The average molecular weight is 380 g/mol. The minimum atomic E-state index is -0.263. The lowest BCUT2D eigenvalue weighted by atomic mass is 10.1. The Morgan fingerprint density at radius 1 is 1.10 bits per heavy atom. The molecule has 1 atom stereocenters. The summed E-state index contributed by atoms with van der Waals surface area (Å²) in [4.78, 5) is 0. The third kappa shape index (κ3) is 3.18. The summed E-state index contributed by atoms with van der Waals surface area (Å²) in [6, 6.07) is 16.1. The molecule has 21 heavy (non-hydrogen) atoms. The van der Waals surface area contributed by atoms with Crippen LogP contribution in [0.25, 0.3) is 10.6 Å². The molecule has 0 aliphatic rings. The van der Waals surface area contributed by atoms with Crippen molar-refractivity contribution in [1.29, 1.82) is 0 Å². The van der Waals surface area contributed by atoms with E-state index in [0.29, 0.717) is 0 Å². The molecular weight excluding hydrogens is 368 g/mol. The van der Waals surface area contributed by atoms with E-state index >= 15 is 0 Å². The van der Waals surface area contributed by atoms with Crippen molar-refractivity contribution in [2.75, 3.05) is 0 Å². The molecule has 2 aromatic carbocycles. The first-order valence-corrected chi connectivity index (χ1v) is 8.48. The predicted octanol–water partition coefficient (Wildman–Crippen LogP) is 5.60. The zero-order valence-corrected chi connectivity index (χ0v) is 14.4. The van der Waals surface area contributed by atoms with Crippen LogP contribution in [-0.2, 0) is 0 Å². The van der Waals surface area contributed by atoms with E-state index in [1.54, 1.807) is 0 Å². The maximum absolute atomic E-state index is 6.50. The van der Waals surface area contributed by atoms with Gasteiger partial charge < -0.3 is 0 Å². The molecule has 0 saturated heterocycles. The van der Waals surface area contributed by atoms with Crippen LogP contribution in [0.2, 0.25) is 0 Å². The lowest BCUT2D eigenvalue weighted by Gasteiger charge is -2.04. The third-order valence-corrected chi connectivity index (χ3v) is 5.40. The highest BCUT2D eigenvalue weighted by atomic mass is 79.9. The van der Waals surface area contributed by atoms with Gasteiger partial charge in [0.25, 0.3) is 0 Å². The van der Waals surface area contributed by atoms with E-state index in [2.05, 4.69) is 45.2 Å². The molecule has 1 aromatic heterocycles. The van der Waals surface area contributed by atoms with Crippen LogP contribution in [0.4, 0.5) is 0 Å². The molecule has 3 aromatic rings. The first-order chi connectivity index (χ1) is 10.1. The summed E-state index contributed by atoms with van der Waals surface area (Å²) in [5, 5.41) is 9.97. The van der Waals surface area contributed by atoms with Crippen molar-refractivity contribution in [1.82, 2.24) is 10.2 Å². The number of hydrogen-bond donors (Lipinski definition) is 0. The van der Waals surface area contributed by atoms with Crippen molar-refractivity contribution in [2.45, 2.75) is 12.3 Å². The first-order valence-electron chi connectivity index (χ1n) is 6.44. The van der Waals surface area contributed by atoms with Crippen LogP contribution >= 0.6 is 38.9 Å². The molecule has 0 saturated carbocycles. The van der Waals surface area contributed by atoms with Crippen LogP contribution in [0, 0.1) is 6.92 Å². The number of benzene rings is 2. The van der Waals surface area contributed by atoms with Gasteiger partial charge in [0.1, 0.15) is 15.4 Å². The molecule has 106 valence electrons. The number of halogens is 2. The standard InChI is InChI=1S/C16H12BrClN2S/c1-10-7-8-13(17)12(9-10)15-19-20-16(21-15)14(18)11-5-3-2-4-6-11/h2-9,14H,1H3. The fourth-order valence-electron chi connectivity index (χ4n) is 2.01. The van der Waals surface area contributed by atoms with Crippen molar-refractivity contribution < 1.29 is 0 Å². The highest BCUT2D eigenvalue weighted by molar-refractivity contribution is 9.10. The molecule has 3 rings (SSSR count). The minimum Gasteiger partial charge on any atom is -0.141 e. The van der Waals surface area contributed by atoms with Gasteiger partial charge >= 0.3 is 0 Å². The van der Waals surface area contributed by atoms with Crippen LogP contribution in [-0.4, -0.2) is 10.2 Å². The molecule has 0 N–H and O–H groups in total. The van der Waals surface area contributed by atoms with Crippen molar-refractivity contribution in [3.8, 4) is 10.6 Å². The second-order valence-corrected chi connectivity index (χ2v) is 7.00. The van der Waals surface area contributed by atoms with E-state index in [1.807, 2.05) is 36.4 Å². The van der Waals surface area contributed by atoms with Crippen molar-refractivity contribution in [3.05, 3.63) is 69.1 Å². The molecule has 2 nitrogen and oxygen atoms in total. The normalized spacial score (nSPS) is 12.3. The van der Waals surface area contributed by atoms with Crippen LogP contribution in [0.15, 0.2) is 53.0 Å². The quantitative estimate of drug-likeness (QED) is 0.553. The minimum absolute atomic E-state index is 0.263. The molecule has 1 heterocycles. The summed E-state index contributed by atoms with van der Waals surface area (Å²) in [7, 11) is 0. The molecular formula is C16H12BrClN2S. The Labute approximate surface area is 140 Å². The predicted molar refractivity (Wildman–Crippen MR) is 91.9 cm³/mol. The smallest absolute Gasteiger partial charge is 0.141 e. The largest absolute Gasteiger partial charge is 0.149 e. The Kier molecular flexibility index (Phi) is 4.38. The molecule has 1 unspecified atom stereocenters. The van der Waals surface area contributed by atoms with Crippen molar-refractivity contribution >= 4 is 38.9 Å². The zero-order valence-electron chi connectivity index (χ0n) is 11.3. The van der Waals surface area contributed by atoms with Gasteiger partial charge in [-0.1, -0.05) is 69.2 Å². The maximum Gasteiger partial charge on any atom is 0.149 e. The van der Waals surface area contributed by atoms with Crippen molar-refractivity contribution in [3.63, 3.8) is 0 Å². The Balaban J connectivity index is 1.95. The molecule has 0 aliphatic carbocycles. The van der Waals surface area contributed by atoms with Crippen LogP contribution < -0.4 is 0 Å². The SMILES string of the molecule is Cc1ccc(Br)c(-c2nnc(C(Cl)c3ccccc3)s2)c1. The topological polar surface area (TPSA) is 25.8 Å². The molecule has 0 fully saturated rings. The molecule has 0 amide bonds. The lowest BCUT2D eigenvalue weighted by molar-refractivity contribution is 0.987. The second kappa shape index (κ2) is 6.26. The summed E-state index contributed by atoms with van der Waals surface area (Å²) in [5.74, 6) is 0. The summed E-state index contributed by atoms with van der Waals surface area (Å²) < 4.78 is 1.02. The fourth-order valence-corrected chi connectivity index (χ4v) is 3.78. The molecule has 0 spiro atoms. The first kappa shape index (κ1) is 14.7. The Morgan fingerprint density at radius 3 is 2.62 bits per heavy atom. The van der Waals surface area contributed by atoms with Gasteiger partial charge in [-0.15, -0.1) is 21.8 Å². The number of aryl methyl sites for hydroxylation is 1. The number of hydrogen-bond acceptors (Lipinski definition) is 3. The maximum atomic E-state index is 6.50. The molecule has 0 aliphatic heterocycles. The van der Waals surface area contributed by atoms with Gasteiger partial charge in [-0.05, 0) is 24.6 Å². The summed E-state index contributed by atoms with van der Waals surface area (Å²) >= 11 is 11.6. The van der Waals surface area contributed by atoms with E-state index in [1.165, 1.54) is 16.9 Å². The lowest BCUT2D eigenvalue weighted by Crippen LogP contribution is -1.91. The average Bonchev–Trinajstić information content (AvgIpc) is 2.99. The third-order valence-electron chi connectivity index (χ3n) is 3.10. The van der Waals surface area contributed by atoms with E-state index < -0.39 is 0 Å². The van der Waals surface area contributed by atoms with Crippen LogP contribution in [0.1, 0.15) is 21.5 Å².